The standard InChI is InChI=1S/C25H22F3N3/c1-16(2)18-7-9-19(10-8-18)21-11-12-22(23(26)13-21)20-5-3-17(4-6-20)14-30-31-15-24(29)25(27)28/h3-13H,1,14-15,29H2,2H3. The Morgan fingerprint density at radius 3 is 2.06 bits per heavy atom. The van der Waals surface area contributed by atoms with Crippen LogP contribution >= 0.6 is 0 Å². The fraction of sp³-hybridized carbons (Fsp3) is 0.120. The topological polar surface area (TPSA) is 50.7 Å². The van der Waals surface area contributed by atoms with Gasteiger partial charge in [0.1, 0.15) is 12.4 Å². The van der Waals surface area contributed by atoms with Gasteiger partial charge in [-0.05, 0) is 40.8 Å². The molecule has 0 aromatic heterocycles. The highest BCUT2D eigenvalue weighted by molar-refractivity contribution is 5.72. The van der Waals surface area contributed by atoms with Crippen LogP contribution in [-0.2, 0) is 6.54 Å². The van der Waals surface area contributed by atoms with Crippen molar-refractivity contribution in [1.29, 1.82) is 0 Å². The molecule has 3 aromatic rings. The minimum Gasteiger partial charge on any atom is -0.396 e. The van der Waals surface area contributed by atoms with E-state index < -0.39 is 11.8 Å². The van der Waals surface area contributed by atoms with Crippen molar-refractivity contribution < 1.29 is 13.2 Å². The third kappa shape index (κ3) is 5.69. The maximum absolute atomic E-state index is 14.8. The summed E-state index contributed by atoms with van der Waals surface area (Å²) in [6, 6.07) is 20.2. The molecule has 0 unspecified atom stereocenters. The van der Waals surface area contributed by atoms with Crippen molar-refractivity contribution in [2.24, 2.45) is 16.0 Å². The maximum Gasteiger partial charge on any atom is 0.290 e. The summed E-state index contributed by atoms with van der Waals surface area (Å²) in [5, 5.41) is 7.48. The van der Waals surface area contributed by atoms with Crippen LogP contribution in [0.2, 0.25) is 0 Å². The maximum atomic E-state index is 14.8. The van der Waals surface area contributed by atoms with Gasteiger partial charge in [0.2, 0.25) is 0 Å². The van der Waals surface area contributed by atoms with Crippen molar-refractivity contribution in [3.63, 3.8) is 0 Å². The van der Waals surface area contributed by atoms with E-state index in [1.54, 1.807) is 30.3 Å². The first kappa shape index (κ1) is 22.0. The molecule has 0 saturated carbocycles. The van der Waals surface area contributed by atoms with E-state index in [2.05, 4.69) is 16.8 Å². The first-order valence-corrected chi connectivity index (χ1v) is 9.63. The number of hydrogen-bond acceptors (Lipinski definition) is 3. The molecule has 3 nitrogen and oxygen atoms in total. The van der Waals surface area contributed by atoms with Crippen molar-refractivity contribution in [1.82, 2.24) is 0 Å². The Balaban J connectivity index is 1.71. The number of benzene rings is 3. The Morgan fingerprint density at radius 2 is 1.48 bits per heavy atom. The monoisotopic (exact) mass is 421 g/mol. The predicted octanol–water partition coefficient (Wildman–Crippen LogP) is 7.21. The normalized spacial score (nSPS) is 11.0. The zero-order chi connectivity index (χ0) is 22.4. The Kier molecular flexibility index (Phi) is 7.03. The van der Waals surface area contributed by atoms with E-state index in [0.29, 0.717) is 5.56 Å². The largest absolute Gasteiger partial charge is 0.396 e. The summed E-state index contributed by atoms with van der Waals surface area (Å²) in [6.45, 7) is 5.75. The average molecular weight is 421 g/mol. The molecule has 0 aliphatic carbocycles. The molecule has 0 bridgehead atoms. The summed E-state index contributed by atoms with van der Waals surface area (Å²) >= 11 is 0. The average Bonchev–Trinajstić information content (AvgIpc) is 2.77. The van der Waals surface area contributed by atoms with Gasteiger partial charge < -0.3 is 5.73 Å². The van der Waals surface area contributed by atoms with Crippen LogP contribution in [0.15, 0.2) is 95.3 Å². The van der Waals surface area contributed by atoms with Gasteiger partial charge in [0.05, 0.1) is 12.2 Å². The lowest BCUT2D eigenvalue weighted by molar-refractivity contribution is 0.408. The van der Waals surface area contributed by atoms with Crippen molar-refractivity contribution >= 4 is 5.57 Å². The number of hydrogen-bond donors (Lipinski definition) is 1. The summed E-state index contributed by atoms with van der Waals surface area (Å²) in [5.41, 5.74) is 10.3. The zero-order valence-electron chi connectivity index (χ0n) is 17.1. The fourth-order valence-electron chi connectivity index (χ4n) is 2.98. The van der Waals surface area contributed by atoms with Crippen LogP contribution in [-0.4, -0.2) is 6.54 Å². The van der Waals surface area contributed by atoms with Crippen LogP contribution in [0, 0.1) is 5.82 Å². The van der Waals surface area contributed by atoms with E-state index in [4.69, 9.17) is 5.73 Å². The first-order valence-electron chi connectivity index (χ1n) is 9.63. The molecule has 0 heterocycles. The Bertz CT molecular complexity index is 1130. The molecule has 0 saturated heterocycles. The lowest BCUT2D eigenvalue weighted by Gasteiger charge is -2.08. The highest BCUT2D eigenvalue weighted by Crippen LogP contribution is 2.29. The zero-order valence-corrected chi connectivity index (χ0v) is 17.1. The molecule has 3 aromatic carbocycles. The van der Waals surface area contributed by atoms with Crippen LogP contribution in [0.25, 0.3) is 27.8 Å². The Hall–Kier alpha value is -3.67. The van der Waals surface area contributed by atoms with Gasteiger partial charge >= 0.3 is 0 Å². The number of halogens is 3. The lowest BCUT2D eigenvalue weighted by atomic mass is 9.97. The number of nitrogens with two attached hydrogens (primary N) is 1. The molecule has 0 atom stereocenters. The van der Waals surface area contributed by atoms with E-state index in [0.717, 1.165) is 33.4 Å². The molecule has 0 radical (unpaired) electrons. The van der Waals surface area contributed by atoms with Gasteiger partial charge in [-0.3, -0.25) is 0 Å². The van der Waals surface area contributed by atoms with Gasteiger partial charge in [0.15, 0.2) is 0 Å². The van der Waals surface area contributed by atoms with Crippen molar-refractivity contribution in [2.75, 3.05) is 6.54 Å². The molecule has 0 aliphatic heterocycles. The van der Waals surface area contributed by atoms with E-state index in [1.807, 2.05) is 37.3 Å². The molecular weight excluding hydrogens is 399 g/mol. The molecule has 6 heteroatoms. The minimum atomic E-state index is -1.94. The van der Waals surface area contributed by atoms with Crippen molar-refractivity contribution in [3.8, 4) is 22.3 Å². The number of allylic oxidation sites excluding steroid dienone is 1. The summed E-state index contributed by atoms with van der Waals surface area (Å²) < 4.78 is 39.2. The van der Waals surface area contributed by atoms with Crippen LogP contribution < -0.4 is 5.73 Å². The molecule has 0 spiro atoms. The van der Waals surface area contributed by atoms with Gasteiger partial charge in [-0.15, -0.1) is 0 Å². The predicted molar refractivity (Wildman–Crippen MR) is 119 cm³/mol. The third-order valence-electron chi connectivity index (χ3n) is 4.78. The molecule has 0 amide bonds. The number of nitrogens with zero attached hydrogens (tertiary/aromatic N) is 2. The summed E-state index contributed by atoms with van der Waals surface area (Å²) in [7, 11) is 0. The lowest BCUT2D eigenvalue weighted by Crippen LogP contribution is -2.01. The van der Waals surface area contributed by atoms with E-state index >= 15 is 0 Å². The Morgan fingerprint density at radius 1 is 0.871 bits per heavy atom. The van der Waals surface area contributed by atoms with E-state index in [9.17, 15) is 13.2 Å². The quantitative estimate of drug-likeness (QED) is 0.403. The van der Waals surface area contributed by atoms with Crippen LogP contribution in [0.1, 0.15) is 18.1 Å². The smallest absolute Gasteiger partial charge is 0.290 e. The molecule has 2 N–H and O–H groups in total. The van der Waals surface area contributed by atoms with Crippen molar-refractivity contribution in [2.45, 2.75) is 13.5 Å². The van der Waals surface area contributed by atoms with E-state index in [1.165, 1.54) is 6.07 Å². The number of rotatable bonds is 7. The molecular formula is C25H22F3N3. The van der Waals surface area contributed by atoms with Crippen LogP contribution in [0.5, 0.6) is 0 Å². The summed E-state index contributed by atoms with van der Waals surface area (Å²) in [4.78, 5) is 0. The van der Waals surface area contributed by atoms with Gasteiger partial charge in [0.25, 0.3) is 6.08 Å². The molecule has 0 aliphatic rings. The van der Waals surface area contributed by atoms with Crippen molar-refractivity contribution in [3.05, 3.63) is 102 Å². The molecule has 3 rings (SSSR count). The van der Waals surface area contributed by atoms with Gasteiger partial charge in [0, 0.05) is 5.56 Å². The third-order valence-corrected chi connectivity index (χ3v) is 4.78. The highest BCUT2D eigenvalue weighted by Gasteiger charge is 2.08. The molecule has 31 heavy (non-hydrogen) atoms. The van der Waals surface area contributed by atoms with E-state index in [-0.39, 0.29) is 18.9 Å². The van der Waals surface area contributed by atoms with Crippen LogP contribution in [0.4, 0.5) is 13.2 Å². The number of azo groups is 1. The van der Waals surface area contributed by atoms with Gasteiger partial charge in [-0.25, -0.2) is 4.39 Å². The molecule has 0 fully saturated rings. The second-order valence-electron chi connectivity index (χ2n) is 7.13. The minimum absolute atomic E-state index is 0.225. The van der Waals surface area contributed by atoms with Crippen LogP contribution in [0.3, 0.4) is 0 Å². The Labute approximate surface area is 179 Å². The molecule has 158 valence electrons. The summed E-state index contributed by atoms with van der Waals surface area (Å²) in [6.07, 6.45) is -1.94. The SMILES string of the molecule is C=C(C)c1ccc(-c2ccc(-c3ccc(CN=NCC(N)=C(F)F)cc3)c(F)c2)cc1. The van der Waals surface area contributed by atoms with Gasteiger partial charge in [-0.1, -0.05) is 72.8 Å². The highest BCUT2D eigenvalue weighted by atomic mass is 19.3. The fourth-order valence-corrected chi connectivity index (χ4v) is 2.98. The summed E-state index contributed by atoms with van der Waals surface area (Å²) in [5.74, 6) is -0.315. The van der Waals surface area contributed by atoms with Gasteiger partial charge in [-0.2, -0.15) is 19.0 Å². The second-order valence-corrected chi connectivity index (χ2v) is 7.13. The first-order chi connectivity index (χ1) is 14.8. The second kappa shape index (κ2) is 9.89.